The molecule has 31 heteroatoms. The highest BCUT2D eigenvalue weighted by atomic mass is 32.2. The number of hydrogen-bond acceptors (Lipinski definition) is 22. The van der Waals surface area contributed by atoms with E-state index < -0.39 is 112 Å². The lowest BCUT2D eigenvalue weighted by atomic mass is 10.1. The predicted octanol–water partition coefficient (Wildman–Crippen LogP) is 5.13. The smallest absolute Gasteiger partial charge is 0.296 e. The standard InChI is InChI=1S/C37H30N10O17S4/c48-10-9-38-35-41-36(39-19-1-5-23-17(11-19)13-29(67(59,60)61)31(33(23)51)46-44-25-15-21(65(53,54)55)3-7-27(25)49)43-37(42-35)40-20-2-6-24-18(12-20)14-30(68(62,63)64)32(34(24)52)47-45-26-16-22(66(56,57)58)4-8-28(26)50/h1-8,11-16,48-52H,9-10H2,(H,53,54,55)(H,56,57,58)(H,59,60,61)(H,62,63,64)(H3,38,39,40,41,42,43). The Bertz CT molecular complexity index is 3590. The second-order valence-corrected chi connectivity index (χ2v) is 19.4. The molecule has 0 radical (unpaired) electrons. The average Bonchev–Trinajstić information content (AvgIpc) is 3.24. The van der Waals surface area contributed by atoms with Gasteiger partial charge in [0.05, 0.1) is 22.9 Å². The number of rotatable bonds is 14. The molecule has 1 heterocycles. The summed E-state index contributed by atoms with van der Waals surface area (Å²) in [5.74, 6) is -3.11. The van der Waals surface area contributed by atoms with Crippen LogP contribution in [0.2, 0.25) is 0 Å². The van der Waals surface area contributed by atoms with Gasteiger partial charge in [0.25, 0.3) is 46.1 Å². The topological polar surface area (TPSA) is 446 Å². The van der Waals surface area contributed by atoms with Gasteiger partial charge >= 0.3 is 0 Å². The molecular formula is C37H30N10O17S4. The lowest BCUT2D eigenvalue weighted by Gasteiger charge is -2.13. The Morgan fingerprint density at radius 2 is 0.926 bits per heavy atom. The van der Waals surface area contributed by atoms with Crippen molar-refractivity contribution in [2.24, 2.45) is 25.4 Å². The number of nitrogens with zero attached hydrogens (tertiary/aromatic N) is 7. The van der Waals surface area contributed by atoms with Crippen LogP contribution in [-0.4, -0.2) is 106 Å². The summed E-state index contributed by atoms with van der Waals surface area (Å²) in [6, 6.07) is 14.7. The first-order valence-corrected chi connectivity index (χ1v) is 24.2. The fourth-order valence-electron chi connectivity index (χ4n) is 6.15. The van der Waals surface area contributed by atoms with Gasteiger partial charge in [-0.25, -0.2) is 4.99 Å². The second-order valence-electron chi connectivity index (χ2n) is 13.8. The number of nitrogens with one attached hydrogen (secondary N) is 3. The van der Waals surface area contributed by atoms with E-state index in [0.717, 1.165) is 36.4 Å². The van der Waals surface area contributed by atoms with Gasteiger partial charge in [0.1, 0.15) is 44.0 Å². The summed E-state index contributed by atoms with van der Waals surface area (Å²) in [6.07, 6.45) is 0. The molecule has 0 atom stereocenters. The van der Waals surface area contributed by atoms with Crippen LogP contribution in [0.4, 0.5) is 46.0 Å². The SMILES string of the molecule is O=S(=O)(O)c1ccc(O)c(N=Nc2c(S(=O)(=O)O)cc3cc(Nc4nc(=NCCO)nc(Nc5ccc6c(O)c(N=Nc7cc(S(=O)(=O)O)ccc7O)c(S(=O)(=O)O)cc6c5)[nH]4)ccc3c2O)c1. The Morgan fingerprint density at radius 1 is 0.515 bits per heavy atom. The van der Waals surface area contributed by atoms with E-state index in [9.17, 15) is 77.4 Å². The minimum absolute atomic E-state index is 0.00861. The Morgan fingerprint density at radius 3 is 1.29 bits per heavy atom. The number of phenolic OH excluding ortho intramolecular Hbond substituents is 4. The van der Waals surface area contributed by atoms with Crippen molar-refractivity contribution in [1.29, 1.82) is 0 Å². The number of azo groups is 2. The molecular weight excluding hydrogens is 985 g/mol. The van der Waals surface area contributed by atoms with E-state index in [1.165, 1.54) is 36.4 Å². The molecule has 0 aliphatic rings. The molecule has 0 saturated heterocycles. The number of aromatic amines is 1. The number of aliphatic hydroxyl groups is 1. The largest absolute Gasteiger partial charge is 0.506 e. The first kappa shape index (κ1) is 48.2. The molecule has 6 aromatic carbocycles. The Kier molecular flexibility index (Phi) is 12.9. The molecule has 0 spiro atoms. The highest BCUT2D eigenvalue weighted by Crippen LogP contribution is 2.45. The average molecular weight is 1010 g/mol. The number of H-pyrrole nitrogens is 1. The zero-order chi connectivity index (χ0) is 49.5. The van der Waals surface area contributed by atoms with Gasteiger partial charge in [0.15, 0.2) is 11.5 Å². The quantitative estimate of drug-likeness (QED) is 0.0496. The van der Waals surface area contributed by atoms with Crippen molar-refractivity contribution in [3.63, 3.8) is 0 Å². The van der Waals surface area contributed by atoms with E-state index in [0.29, 0.717) is 12.1 Å². The lowest BCUT2D eigenvalue weighted by Crippen LogP contribution is -2.19. The fraction of sp³-hybridized carbons (Fsp3) is 0.0541. The van der Waals surface area contributed by atoms with Gasteiger partial charge in [0, 0.05) is 22.1 Å². The number of fused-ring (bicyclic) bond motifs is 2. The number of aromatic nitrogens is 3. The monoisotopic (exact) mass is 1010 g/mol. The van der Waals surface area contributed by atoms with Crippen LogP contribution in [0, 0.1) is 0 Å². The highest BCUT2D eigenvalue weighted by Gasteiger charge is 2.25. The molecule has 0 aliphatic carbocycles. The molecule has 7 rings (SSSR count). The van der Waals surface area contributed by atoms with Crippen molar-refractivity contribution >= 4 is 108 Å². The number of aromatic hydroxyl groups is 4. The zero-order valence-electron chi connectivity index (χ0n) is 33.6. The fourth-order valence-corrected chi connectivity index (χ4v) is 8.46. The third-order valence-electron chi connectivity index (χ3n) is 9.20. The Labute approximate surface area is 381 Å². The summed E-state index contributed by atoms with van der Waals surface area (Å²) < 4.78 is 135. The van der Waals surface area contributed by atoms with Crippen LogP contribution >= 0.6 is 0 Å². The summed E-state index contributed by atoms with van der Waals surface area (Å²) in [7, 11) is -19.8. The van der Waals surface area contributed by atoms with Crippen LogP contribution in [0.5, 0.6) is 23.0 Å². The maximum Gasteiger partial charge on any atom is 0.296 e. The first-order valence-electron chi connectivity index (χ1n) is 18.4. The van der Waals surface area contributed by atoms with E-state index >= 15 is 0 Å². The number of hydrogen-bond donors (Lipinski definition) is 12. The van der Waals surface area contributed by atoms with Crippen molar-refractivity contribution in [2.45, 2.75) is 19.6 Å². The third kappa shape index (κ3) is 10.6. The van der Waals surface area contributed by atoms with E-state index in [1.807, 2.05) is 0 Å². The molecule has 27 nitrogen and oxygen atoms in total. The zero-order valence-corrected chi connectivity index (χ0v) is 36.8. The molecule has 68 heavy (non-hydrogen) atoms. The number of anilines is 4. The van der Waals surface area contributed by atoms with E-state index in [1.54, 1.807) is 0 Å². The molecule has 1 aromatic heterocycles. The van der Waals surface area contributed by atoms with Crippen molar-refractivity contribution in [1.82, 2.24) is 15.0 Å². The van der Waals surface area contributed by atoms with Crippen molar-refractivity contribution in [3.8, 4) is 23.0 Å². The van der Waals surface area contributed by atoms with Crippen molar-refractivity contribution < 1.29 is 77.4 Å². The predicted molar refractivity (Wildman–Crippen MR) is 236 cm³/mol. The minimum atomic E-state index is -5.16. The molecule has 0 amide bonds. The molecule has 0 unspecified atom stereocenters. The van der Waals surface area contributed by atoms with Gasteiger partial charge in [-0.3, -0.25) is 23.2 Å². The summed E-state index contributed by atoms with van der Waals surface area (Å²) in [4.78, 5) is 12.1. The van der Waals surface area contributed by atoms with Crippen LogP contribution in [0.15, 0.2) is 130 Å². The van der Waals surface area contributed by atoms with Crippen molar-refractivity contribution in [3.05, 3.63) is 90.5 Å². The van der Waals surface area contributed by atoms with Gasteiger partial charge in [-0.2, -0.15) is 43.6 Å². The maximum absolute atomic E-state index is 12.5. The van der Waals surface area contributed by atoms with Crippen LogP contribution < -0.4 is 16.3 Å². The molecule has 12 N–H and O–H groups in total. The normalized spacial score (nSPS) is 12.6. The highest BCUT2D eigenvalue weighted by molar-refractivity contribution is 7.86. The van der Waals surface area contributed by atoms with E-state index in [2.05, 4.69) is 51.0 Å². The van der Waals surface area contributed by atoms with Crippen LogP contribution in [0.25, 0.3) is 21.5 Å². The third-order valence-corrected chi connectivity index (χ3v) is 12.6. The van der Waals surface area contributed by atoms with E-state index in [4.69, 9.17) is 0 Å². The number of benzene rings is 6. The summed E-state index contributed by atoms with van der Waals surface area (Å²) in [5, 5.41) is 72.2. The van der Waals surface area contributed by atoms with Gasteiger partial charge in [0.2, 0.25) is 11.9 Å². The molecule has 0 bridgehead atoms. The first-order chi connectivity index (χ1) is 31.8. The second kappa shape index (κ2) is 18.1. The minimum Gasteiger partial charge on any atom is -0.506 e. The Hall–Kier alpha value is -7.75. The molecule has 354 valence electrons. The molecule has 0 fully saturated rings. The maximum atomic E-state index is 12.5. The van der Waals surface area contributed by atoms with Gasteiger partial charge in [-0.1, -0.05) is 0 Å². The number of phenols is 4. The lowest BCUT2D eigenvalue weighted by molar-refractivity contribution is 0.305. The van der Waals surface area contributed by atoms with Crippen molar-refractivity contribution in [2.75, 3.05) is 23.8 Å². The summed E-state index contributed by atoms with van der Waals surface area (Å²) in [5.41, 5.74) is -2.59. The van der Waals surface area contributed by atoms with Gasteiger partial charge < -0.3 is 36.2 Å². The molecule has 0 aliphatic heterocycles. The number of aliphatic hydroxyl groups excluding tert-OH is 1. The van der Waals surface area contributed by atoms with Gasteiger partial charge in [-0.05, 0) is 95.7 Å². The van der Waals surface area contributed by atoms with Gasteiger partial charge in [-0.15, -0.1) is 20.5 Å². The van der Waals surface area contributed by atoms with Crippen LogP contribution in [0.3, 0.4) is 0 Å². The summed E-state index contributed by atoms with van der Waals surface area (Å²) in [6.45, 7) is -0.553. The van der Waals surface area contributed by atoms with Crippen LogP contribution in [-0.2, 0) is 40.5 Å². The molecule has 0 saturated carbocycles. The van der Waals surface area contributed by atoms with Crippen LogP contribution in [0.1, 0.15) is 0 Å². The molecule has 7 aromatic rings. The summed E-state index contributed by atoms with van der Waals surface area (Å²) >= 11 is 0. The van der Waals surface area contributed by atoms with E-state index in [-0.39, 0.29) is 57.0 Å². The Balaban J connectivity index is 1.23.